The highest BCUT2D eigenvalue weighted by Gasteiger charge is 2.25. The molecule has 0 aliphatic carbocycles. The molecule has 1 unspecified atom stereocenters. The molecule has 5 heteroatoms. The van der Waals surface area contributed by atoms with Crippen LogP contribution in [0.1, 0.15) is 54.4 Å². The van der Waals surface area contributed by atoms with Crippen molar-refractivity contribution in [1.29, 1.82) is 0 Å². The van der Waals surface area contributed by atoms with E-state index in [-0.39, 0.29) is 6.42 Å². The highest BCUT2D eigenvalue weighted by Crippen LogP contribution is 2.15. The van der Waals surface area contributed by atoms with Gasteiger partial charge in [0.05, 0.1) is 6.42 Å². The Morgan fingerprint density at radius 1 is 1.05 bits per heavy atom. The first-order valence-corrected chi connectivity index (χ1v) is 6.65. The van der Waals surface area contributed by atoms with E-state index in [0.717, 1.165) is 0 Å². The van der Waals surface area contributed by atoms with E-state index in [1.54, 1.807) is 47.6 Å². The summed E-state index contributed by atoms with van der Waals surface area (Å²) in [7, 11) is 0. The minimum absolute atomic E-state index is 0.0253. The summed E-state index contributed by atoms with van der Waals surface area (Å²) < 4.78 is 15.4. The Morgan fingerprint density at radius 2 is 1.55 bits per heavy atom. The van der Waals surface area contributed by atoms with Crippen molar-refractivity contribution in [3.8, 4) is 0 Å². The Labute approximate surface area is 121 Å². The summed E-state index contributed by atoms with van der Waals surface area (Å²) in [6.45, 7) is 14.1. The number of hydrogen-bond acceptors (Lipinski definition) is 5. The molecule has 0 aliphatic heterocycles. The van der Waals surface area contributed by atoms with Crippen LogP contribution in [0.5, 0.6) is 0 Å². The number of rotatable bonds is 5. The van der Waals surface area contributed by atoms with Gasteiger partial charge in [-0.25, -0.2) is 4.79 Å². The smallest absolute Gasteiger partial charge is 0.460 e. The lowest BCUT2D eigenvalue weighted by molar-refractivity contribution is -0.157. The first-order chi connectivity index (χ1) is 8.93. The van der Waals surface area contributed by atoms with Crippen LogP contribution in [0.3, 0.4) is 0 Å². The van der Waals surface area contributed by atoms with Gasteiger partial charge in [-0.05, 0) is 41.5 Å². The number of esters is 1. The van der Waals surface area contributed by atoms with Crippen molar-refractivity contribution in [2.75, 3.05) is 0 Å². The molecule has 0 aromatic rings. The van der Waals surface area contributed by atoms with Crippen molar-refractivity contribution in [2.24, 2.45) is 0 Å². The van der Waals surface area contributed by atoms with Gasteiger partial charge in [0.15, 0.2) is 0 Å². The molecule has 0 spiro atoms. The van der Waals surface area contributed by atoms with Crippen molar-refractivity contribution in [3.63, 3.8) is 0 Å². The molecule has 0 bridgehead atoms. The molecule has 116 valence electrons. The van der Waals surface area contributed by atoms with E-state index in [0.29, 0.717) is 6.42 Å². The minimum Gasteiger partial charge on any atom is -0.460 e. The lowest BCUT2D eigenvalue weighted by atomic mass is 10.1. The molecule has 0 aliphatic rings. The van der Waals surface area contributed by atoms with Gasteiger partial charge in [-0.2, -0.15) is 0 Å². The van der Waals surface area contributed by atoms with Crippen LogP contribution >= 0.6 is 0 Å². The normalized spacial score (nSPS) is 13.3. The molecule has 5 nitrogen and oxygen atoms in total. The summed E-state index contributed by atoms with van der Waals surface area (Å²) in [5.74, 6) is -0.423. The third kappa shape index (κ3) is 10.4. The summed E-state index contributed by atoms with van der Waals surface area (Å²) in [5.41, 5.74) is -1.20. The summed E-state index contributed by atoms with van der Waals surface area (Å²) in [5, 5.41) is 0. The van der Waals surface area contributed by atoms with Gasteiger partial charge >= 0.3 is 12.1 Å². The quantitative estimate of drug-likeness (QED) is 0.570. The Bertz CT molecular complexity index is 316. The SMILES string of the molecule is C=CCC(CC(=O)OC(C)(C)C)OC(=O)OC(C)(C)C. The van der Waals surface area contributed by atoms with Gasteiger partial charge < -0.3 is 14.2 Å². The highest BCUT2D eigenvalue weighted by atomic mass is 16.7. The van der Waals surface area contributed by atoms with Crippen LogP contribution in [0, 0.1) is 0 Å². The van der Waals surface area contributed by atoms with Gasteiger partial charge in [-0.3, -0.25) is 4.79 Å². The van der Waals surface area contributed by atoms with Crippen molar-refractivity contribution in [3.05, 3.63) is 12.7 Å². The Hall–Kier alpha value is -1.52. The predicted octanol–water partition coefficient (Wildman–Crippen LogP) is 3.61. The predicted molar refractivity (Wildman–Crippen MR) is 76.4 cm³/mol. The lowest BCUT2D eigenvalue weighted by Crippen LogP contribution is -2.31. The molecule has 0 saturated heterocycles. The fraction of sp³-hybridized carbons (Fsp3) is 0.733. The third-order valence-corrected chi connectivity index (χ3v) is 1.90. The molecule has 0 rings (SSSR count). The minimum atomic E-state index is -0.798. The monoisotopic (exact) mass is 286 g/mol. The lowest BCUT2D eigenvalue weighted by Gasteiger charge is -2.23. The summed E-state index contributed by atoms with van der Waals surface area (Å²) in [6, 6.07) is 0. The molecular weight excluding hydrogens is 260 g/mol. The number of carbonyl (C=O) groups excluding carboxylic acids is 2. The Morgan fingerprint density at radius 3 is 1.95 bits per heavy atom. The molecule has 0 radical (unpaired) electrons. The van der Waals surface area contributed by atoms with Crippen molar-refractivity contribution in [1.82, 2.24) is 0 Å². The fourth-order valence-electron chi connectivity index (χ4n) is 1.34. The zero-order valence-electron chi connectivity index (χ0n) is 13.3. The van der Waals surface area contributed by atoms with Crippen LogP contribution in [0.4, 0.5) is 4.79 Å². The molecular formula is C15H26O5. The number of carbonyl (C=O) groups is 2. The molecule has 0 aromatic carbocycles. The highest BCUT2D eigenvalue weighted by molar-refractivity contribution is 5.71. The average Bonchev–Trinajstić information content (AvgIpc) is 2.10. The van der Waals surface area contributed by atoms with Crippen LogP contribution < -0.4 is 0 Å². The summed E-state index contributed by atoms with van der Waals surface area (Å²) in [4.78, 5) is 23.3. The first-order valence-electron chi connectivity index (χ1n) is 6.65. The second-order valence-corrected chi connectivity index (χ2v) is 6.52. The number of hydrogen-bond donors (Lipinski definition) is 0. The van der Waals surface area contributed by atoms with Crippen molar-refractivity contribution < 1.29 is 23.8 Å². The average molecular weight is 286 g/mol. The van der Waals surface area contributed by atoms with Crippen molar-refractivity contribution in [2.45, 2.75) is 71.7 Å². The maximum atomic E-state index is 11.7. The molecule has 1 atom stereocenters. The summed E-state index contributed by atoms with van der Waals surface area (Å²) >= 11 is 0. The zero-order chi connectivity index (χ0) is 16.0. The topological polar surface area (TPSA) is 61.8 Å². The van der Waals surface area contributed by atoms with Crippen LogP contribution in [0.25, 0.3) is 0 Å². The third-order valence-electron chi connectivity index (χ3n) is 1.90. The Balaban J connectivity index is 4.47. The molecule has 0 saturated carbocycles. The van der Waals surface area contributed by atoms with Crippen LogP contribution in [0.2, 0.25) is 0 Å². The zero-order valence-corrected chi connectivity index (χ0v) is 13.3. The largest absolute Gasteiger partial charge is 0.509 e. The fourth-order valence-corrected chi connectivity index (χ4v) is 1.34. The van der Waals surface area contributed by atoms with Gasteiger partial charge in [-0.15, -0.1) is 6.58 Å². The summed E-state index contributed by atoms with van der Waals surface area (Å²) in [6.07, 6.45) is 0.491. The molecule has 0 amide bonds. The van der Waals surface area contributed by atoms with Gasteiger partial charge in [0.1, 0.15) is 17.3 Å². The van der Waals surface area contributed by atoms with E-state index in [9.17, 15) is 9.59 Å². The van der Waals surface area contributed by atoms with E-state index in [2.05, 4.69) is 6.58 Å². The maximum absolute atomic E-state index is 11.7. The molecule has 0 heterocycles. The van der Waals surface area contributed by atoms with Crippen molar-refractivity contribution >= 4 is 12.1 Å². The van der Waals surface area contributed by atoms with E-state index < -0.39 is 29.4 Å². The van der Waals surface area contributed by atoms with Gasteiger partial charge in [0.2, 0.25) is 0 Å². The second-order valence-electron chi connectivity index (χ2n) is 6.52. The molecule has 0 N–H and O–H groups in total. The maximum Gasteiger partial charge on any atom is 0.509 e. The van der Waals surface area contributed by atoms with E-state index in [1.807, 2.05) is 0 Å². The van der Waals surface area contributed by atoms with Crippen LogP contribution in [-0.2, 0) is 19.0 Å². The second kappa shape index (κ2) is 7.31. The van der Waals surface area contributed by atoms with E-state index in [4.69, 9.17) is 14.2 Å². The Kier molecular flexibility index (Phi) is 6.76. The standard InChI is InChI=1S/C15H26O5/c1-8-9-11(10-12(16)19-14(2,3)4)18-13(17)20-15(5,6)7/h8,11H,1,9-10H2,2-7H3. The van der Waals surface area contributed by atoms with Gasteiger partial charge in [0, 0.05) is 6.42 Å². The molecule has 0 aromatic heterocycles. The first kappa shape index (κ1) is 18.5. The number of ether oxygens (including phenoxy) is 3. The van der Waals surface area contributed by atoms with Crippen LogP contribution in [0.15, 0.2) is 12.7 Å². The molecule has 20 heavy (non-hydrogen) atoms. The van der Waals surface area contributed by atoms with Crippen LogP contribution in [-0.4, -0.2) is 29.4 Å². The molecule has 0 fully saturated rings. The van der Waals surface area contributed by atoms with Gasteiger partial charge in [-0.1, -0.05) is 6.08 Å². The van der Waals surface area contributed by atoms with E-state index in [1.165, 1.54) is 0 Å². The van der Waals surface area contributed by atoms with E-state index >= 15 is 0 Å². The van der Waals surface area contributed by atoms with Gasteiger partial charge in [0.25, 0.3) is 0 Å².